The normalized spacial score (nSPS) is 18.3. The molecule has 2 rings (SSSR count). The fourth-order valence-electron chi connectivity index (χ4n) is 2.43. The van der Waals surface area contributed by atoms with Crippen molar-refractivity contribution in [1.82, 2.24) is 5.32 Å². The van der Waals surface area contributed by atoms with Gasteiger partial charge in [0.1, 0.15) is 5.75 Å². The van der Waals surface area contributed by atoms with Gasteiger partial charge in [-0.25, -0.2) is 0 Å². The first kappa shape index (κ1) is 13.9. The molecule has 1 amide bonds. The van der Waals surface area contributed by atoms with Crippen molar-refractivity contribution in [2.45, 2.75) is 26.2 Å². The van der Waals surface area contributed by atoms with Crippen LogP contribution in [0.4, 0.5) is 5.69 Å². The fourth-order valence-corrected chi connectivity index (χ4v) is 2.43. The van der Waals surface area contributed by atoms with Crippen molar-refractivity contribution in [2.75, 3.05) is 25.5 Å². The van der Waals surface area contributed by atoms with E-state index in [1.807, 2.05) is 25.1 Å². The van der Waals surface area contributed by atoms with E-state index < -0.39 is 0 Å². The van der Waals surface area contributed by atoms with Gasteiger partial charge >= 0.3 is 0 Å². The van der Waals surface area contributed by atoms with E-state index in [4.69, 9.17) is 4.74 Å². The molecule has 104 valence electrons. The zero-order valence-electron chi connectivity index (χ0n) is 11.7. The molecular weight excluding hydrogens is 240 g/mol. The van der Waals surface area contributed by atoms with Gasteiger partial charge in [0.15, 0.2) is 0 Å². The van der Waals surface area contributed by atoms with Crippen LogP contribution in [-0.4, -0.2) is 26.1 Å². The summed E-state index contributed by atoms with van der Waals surface area (Å²) >= 11 is 0. The molecule has 0 aliphatic carbocycles. The number of carbonyl (C=O) groups is 1. The Morgan fingerprint density at radius 1 is 1.53 bits per heavy atom. The van der Waals surface area contributed by atoms with E-state index >= 15 is 0 Å². The molecule has 0 bridgehead atoms. The SMILES string of the molecule is COc1ccc(C)cc1NC(=O)CCC1CCNC1. The van der Waals surface area contributed by atoms with Gasteiger partial charge in [-0.05, 0) is 56.5 Å². The Labute approximate surface area is 114 Å². The topological polar surface area (TPSA) is 50.4 Å². The van der Waals surface area contributed by atoms with Crippen LogP contribution in [0.2, 0.25) is 0 Å². The van der Waals surface area contributed by atoms with Gasteiger partial charge in [0, 0.05) is 6.42 Å². The molecule has 0 saturated carbocycles. The number of rotatable bonds is 5. The van der Waals surface area contributed by atoms with Gasteiger partial charge in [-0.2, -0.15) is 0 Å². The first-order valence-corrected chi connectivity index (χ1v) is 6.84. The molecule has 0 aromatic heterocycles. The van der Waals surface area contributed by atoms with Crippen LogP contribution in [0.15, 0.2) is 18.2 Å². The summed E-state index contributed by atoms with van der Waals surface area (Å²) in [4.78, 5) is 12.0. The number of hydrogen-bond donors (Lipinski definition) is 2. The molecule has 0 radical (unpaired) electrons. The molecule has 19 heavy (non-hydrogen) atoms. The lowest BCUT2D eigenvalue weighted by Gasteiger charge is -2.12. The minimum absolute atomic E-state index is 0.0656. The lowest BCUT2D eigenvalue weighted by molar-refractivity contribution is -0.116. The zero-order valence-corrected chi connectivity index (χ0v) is 11.7. The van der Waals surface area contributed by atoms with Crippen molar-refractivity contribution >= 4 is 11.6 Å². The second-order valence-electron chi connectivity index (χ2n) is 5.15. The standard InChI is InChI=1S/C15H22N2O2/c1-11-3-5-14(19-2)13(9-11)17-15(18)6-4-12-7-8-16-10-12/h3,5,9,12,16H,4,6-8,10H2,1-2H3,(H,17,18). The van der Waals surface area contributed by atoms with Crippen LogP contribution in [0.5, 0.6) is 5.75 Å². The average Bonchev–Trinajstić information content (AvgIpc) is 2.90. The Kier molecular flexibility index (Phi) is 4.80. The molecule has 1 unspecified atom stereocenters. The number of anilines is 1. The highest BCUT2D eigenvalue weighted by Gasteiger charge is 2.16. The fraction of sp³-hybridized carbons (Fsp3) is 0.533. The Balaban J connectivity index is 1.88. The summed E-state index contributed by atoms with van der Waals surface area (Å²) in [6, 6.07) is 5.79. The number of carbonyl (C=O) groups excluding carboxylic acids is 1. The summed E-state index contributed by atoms with van der Waals surface area (Å²) in [6.07, 6.45) is 2.71. The van der Waals surface area contributed by atoms with Crippen molar-refractivity contribution in [3.63, 3.8) is 0 Å². The number of ether oxygens (including phenoxy) is 1. The highest BCUT2D eigenvalue weighted by Crippen LogP contribution is 2.25. The monoisotopic (exact) mass is 262 g/mol. The summed E-state index contributed by atoms with van der Waals surface area (Å²) in [5, 5.41) is 6.26. The van der Waals surface area contributed by atoms with Crippen LogP contribution in [0, 0.1) is 12.8 Å². The van der Waals surface area contributed by atoms with E-state index in [0.29, 0.717) is 18.1 Å². The molecule has 1 aliphatic rings. The molecule has 1 saturated heterocycles. The maximum atomic E-state index is 12.0. The molecule has 1 aromatic rings. The minimum Gasteiger partial charge on any atom is -0.495 e. The second kappa shape index (κ2) is 6.57. The van der Waals surface area contributed by atoms with Crippen LogP contribution in [0.25, 0.3) is 0 Å². The molecule has 4 heteroatoms. The van der Waals surface area contributed by atoms with Crippen LogP contribution in [0.3, 0.4) is 0 Å². The number of amides is 1. The predicted molar refractivity (Wildman–Crippen MR) is 76.6 cm³/mol. The summed E-state index contributed by atoms with van der Waals surface area (Å²) in [5.41, 5.74) is 1.87. The number of benzene rings is 1. The van der Waals surface area contributed by atoms with Gasteiger partial charge in [-0.3, -0.25) is 4.79 Å². The Morgan fingerprint density at radius 2 is 2.37 bits per heavy atom. The number of hydrogen-bond acceptors (Lipinski definition) is 3. The molecule has 2 N–H and O–H groups in total. The summed E-state index contributed by atoms with van der Waals surface area (Å²) < 4.78 is 5.25. The molecule has 1 aromatic carbocycles. The van der Waals surface area contributed by atoms with Crippen molar-refractivity contribution in [2.24, 2.45) is 5.92 Å². The van der Waals surface area contributed by atoms with Crippen LogP contribution in [-0.2, 0) is 4.79 Å². The maximum Gasteiger partial charge on any atom is 0.224 e. The highest BCUT2D eigenvalue weighted by molar-refractivity contribution is 5.92. The summed E-state index contributed by atoms with van der Waals surface area (Å²) in [7, 11) is 1.62. The van der Waals surface area contributed by atoms with E-state index in [1.165, 1.54) is 6.42 Å². The van der Waals surface area contributed by atoms with Gasteiger partial charge < -0.3 is 15.4 Å². The predicted octanol–water partition coefficient (Wildman–Crippen LogP) is 2.33. The molecule has 0 spiro atoms. The minimum atomic E-state index is 0.0656. The lowest BCUT2D eigenvalue weighted by Crippen LogP contribution is -2.15. The van der Waals surface area contributed by atoms with Crippen molar-refractivity contribution in [3.8, 4) is 5.75 Å². The zero-order chi connectivity index (χ0) is 13.7. The Morgan fingerprint density at radius 3 is 3.05 bits per heavy atom. The average molecular weight is 262 g/mol. The quantitative estimate of drug-likeness (QED) is 0.856. The third-order valence-electron chi connectivity index (χ3n) is 3.57. The lowest BCUT2D eigenvalue weighted by atomic mass is 10.0. The van der Waals surface area contributed by atoms with Gasteiger partial charge in [0.05, 0.1) is 12.8 Å². The van der Waals surface area contributed by atoms with Crippen molar-refractivity contribution in [3.05, 3.63) is 23.8 Å². The molecule has 1 atom stereocenters. The Bertz CT molecular complexity index is 440. The number of aryl methyl sites for hydroxylation is 1. The maximum absolute atomic E-state index is 12.0. The first-order valence-electron chi connectivity index (χ1n) is 6.84. The van der Waals surface area contributed by atoms with Crippen molar-refractivity contribution < 1.29 is 9.53 Å². The van der Waals surface area contributed by atoms with E-state index in [-0.39, 0.29) is 5.91 Å². The smallest absolute Gasteiger partial charge is 0.224 e. The van der Waals surface area contributed by atoms with E-state index in [2.05, 4.69) is 10.6 Å². The molecule has 4 nitrogen and oxygen atoms in total. The molecule has 1 aliphatic heterocycles. The first-order chi connectivity index (χ1) is 9.19. The van der Waals surface area contributed by atoms with Gasteiger partial charge in [-0.15, -0.1) is 0 Å². The van der Waals surface area contributed by atoms with E-state index in [0.717, 1.165) is 30.8 Å². The summed E-state index contributed by atoms with van der Waals surface area (Å²) in [6.45, 7) is 4.12. The van der Waals surface area contributed by atoms with Gasteiger partial charge in [0.2, 0.25) is 5.91 Å². The largest absolute Gasteiger partial charge is 0.495 e. The molecular formula is C15H22N2O2. The van der Waals surface area contributed by atoms with E-state index in [1.54, 1.807) is 7.11 Å². The molecule has 1 heterocycles. The second-order valence-corrected chi connectivity index (χ2v) is 5.15. The molecule has 1 fully saturated rings. The summed E-state index contributed by atoms with van der Waals surface area (Å²) in [5.74, 6) is 1.42. The van der Waals surface area contributed by atoms with Gasteiger partial charge in [0.25, 0.3) is 0 Å². The van der Waals surface area contributed by atoms with E-state index in [9.17, 15) is 4.79 Å². The third kappa shape index (κ3) is 3.96. The van der Waals surface area contributed by atoms with Gasteiger partial charge in [-0.1, -0.05) is 6.07 Å². The van der Waals surface area contributed by atoms with Crippen LogP contribution in [0.1, 0.15) is 24.8 Å². The number of nitrogens with one attached hydrogen (secondary N) is 2. The van der Waals surface area contributed by atoms with Crippen molar-refractivity contribution in [1.29, 1.82) is 0 Å². The number of methoxy groups -OCH3 is 1. The highest BCUT2D eigenvalue weighted by atomic mass is 16.5. The van der Waals surface area contributed by atoms with Crippen LogP contribution >= 0.6 is 0 Å². The van der Waals surface area contributed by atoms with Crippen LogP contribution < -0.4 is 15.4 Å². The third-order valence-corrected chi connectivity index (χ3v) is 3.57. The Hall–Kier alpha value is -1.55.